The maximum absolute atomic E-state index is 5.39. The van der Waals surface area contributed by atoms with Crippen LogP contribution in [0.2, 0.25) is 0 Å². The zero-order chi connectivity index (χ0) is 14.5. The van der Waals surface area contributed by atoms with Crippen LogP contribution in [0.1, 0.15) is 44.1 Å². The fraction of sp³-hybridized carbons (Fsp3) is 0.438. The summed E-state index contributed by atoms with van der Waals surface area (Å²) >= 11 is 0. The Bertz CT molecular complexity index is 548. The molecule has 1 N–H and O–H groups in total. The number of nitrogens with one attached hydrogen (secondary N) is 1. The lowest BCUT2D eigenvalue weighted by Crippen LogP contribution is -2.19. The molecule has 1 heterocycles. The lowest BCUT2D eigenvalue weighted by atomic mass is 10.1. The molecule has 1 aromatic carbocycles. The van der Waals surface area contributed by atoms with E-state index < -0.39 is 0 Å². The van der Waals surface area contributed by atoms with Gasteiger partial charge in [0.25, 0.3) is 0 Å². The van der Waals surface area contributed by atoms with Gasteiger partial charge in [0, 0.05) is 30.4 Å². The highest BCUT2D eigenvalue weighted by Gasteiger charge is 2.11. The molecule has 0 bridgehead atoms. The minimum Gasteiger partial charge on any atom is -0.496 e. The van der Waals surface area contributed by atoms with Gasteiger partial charge in [0.1, 0.15) is 5.75 Å². The minimum atomic E-state index is 0.218. The molecule has 0 spiro atoms. The Morgan fingerprint density at radius 2 is 1.95 bits per heavy atom. The summed E-state index contributed by atoms with van der Waals surface area (Å²) in [7, 11) is 1.70. The molecular weight excluding hydrogens is 250 g/mol. The van der Waals surface area contributed by atoms with Crippen molar-refractivity contribution >= 4 is 0 Å². The van der Waals surface area contributed by atoms with Gasteiger partial charge in [-0.2, -0.15) is 5.10 Å². The predicted molar refractivity (Wildman–Crippen MR) is 80.9 cm³/mol. The summed E-state index contributed by atoms with van der Waals surface area (Å²) in [6.45, 7) is 7.14. The minimum absolute atomic E-state index is 0.218. The van der Waals surface area contributed by atoms with Crippen LogP contribution in [0.4, 0.5) is 0 Å². The van der Waals surface area contributed by atoms with Gasteiger partial charge in [-0.25, -0.2) is 0 Å². The second kappa shape index (κ2) is 6.57. The fourth-order valence-corrected chi connectivity index (χ4v) is 2.15. The number of ether oxygens (including phenoxy) is 1. The van der Waals surface area contributed by atoms with E-state index in [4.69, 9.17) is 4.74 Å². The first-order chi connectivity index (χ1) is 9.61. The largest absolute Gasteiger partial charge is 0.496 e. The maximum Gasteiger partial charge on any atom is 0.123 e. The van der Waals surface area contributed by atoms with Gasteiger partial charge in [-0.1, -0.05) is 18.2 Å². The Hall–Kier alpha value is -1.81. The van der Waals surface area contributed by atoms with Gasteiger partial charge < -0.3 is 10.1 Å². The van der Waals surface area contributed by atoms with Gasteiger partial charge in [0.05, 0.1) is 12.8 Å². The predicted octanol–water partition coefficient (Wildman–Crippen LogP) is 3.32. The van der Waals surface area contributed by atoms with E-state index in [2.05, 4.69) is 43.3 Å². The number of methoxy groups -OCH3 is 1. The Morgan fingerprint density at radius 1 is 1.20 bits per heavy atom. The molecule has 1 aromatic heterocycles. The summed E-state index contributed by atoms with van der Waals surface area (Å²) in [5.41, 5.74) is 2.22. The quantitative estimate of drug-likeness (QED) is 0.877. The molecule has 0 radical (unpaired) electrons. The summed E-state index contributed by atoms with van der Waals surface area (Å²) in [6.07, 6.45) is 2.02. The third-order valence-corrected chi connectivity index (χ3v) is 3.39. The number of rotatable bonds is 6. The van der Waals surface area contributed by atoms with Gasteiger partial charge in [0.2, 0.25) is 0 Å². The summed E-state index contributed by atoms with van der Waals surface area (Å²) in [6, 6.07) is 10.8. The zero-order valence-corrected chi connectivity index (χ0v) is 12.6. The highest BCUT2D eigenvalue weighted by atomic mass is 16.5. The topological polar surface area (TPSA) is 39.1 Å². The number of para-hydroxylation sites is 1. The van der Waals surface area contributed by atoms with Gasteiger partial charge in [-0.3, -0.25) is 4.68 Å². The van der Waals surface area contributed by atoms with E-state index in [1.807, 2.05) is 29.1 Å². The van der Waals surface area contributed by atoms with E-state index in [9.17, 15) is 0 Å². The van der Waals surface area contributed by atoms with E-state index in [0.29, 0.717) is 6.04 Å². The molecule has 1 atom stereocenters. The summed E-state index contributed by atoms with van der Waals surface area (Å²) < 4.78 is 7.37. The number of hydrogen-bond donors (Lipinski definition) is 1. The third kappa shape index (κ3) is 3.39. The van der Waals surface area contributed by atoms with Crippen molar-refractivity contribution in [2.24, 2.45) is 0 Å². The van der Waals surface area contributed by atoms with E-state index in [-0.39, 0.29) is 6.04 Å². The molecule has 0 saturated heterocycles. The van der Waals surface area contributed by atoms with Crippen molar-refractivity contribution in [2.75, 3.05) is 7.11 Å². The smallest absolute Gasteiger partial charge is 0.123 e. The van der Waals surface area contributed by atoms with Crippen molar-refractivity contribution in [1.82, 2.24) is 15.1 Å². The lowest BCUT2D eigenvalue weighted by molar-refractivity contribution is 0.401. The van der Waals surface area contributed by atoms with Crippen LogP contribution in [-0.4, -0.2) is 16.9 Å². The second-order valence-corrected chi connectivity index (χ2v) is 5.23. The molecule has 4 heteroatoms. The van der Waals surface area contributed by atoms with Crippen LogP contribution in [0.3, 0.4) is 0 Å². The first kappa shape index (κ1) is 14.6. The standard InChI is InChI=1S/C16H23N3O/c1-12(2)19-10-9-14(18-19)11-17-13(3)15-7-5-6-8-16(15)20-4/h5-10,12-13,17H,11H2,1-4H3/t13-/m1/s1. The molecule has 20 heavy (non-hydrogen) atoms. The van der Waals surface area contributed by atoms with Crippen LogP contribution < -0.4 is 10.1 Å². The van der Waals surface area contributed by atoms with Crippen LogP contribution in [0.5, 0.6) is 5.75 Å². The average molecular weight is 273 g/mol. The van der Waals surface area contributed by atoms with E-state index in [0.717, 1.165) is 18.0 Å². The summed E-state index contributed by atoms with van der Waals surface area (Å²) in [4.78, 5) is 0. The van der Waals surface area contributed by atoms with Gasteiger partial charge in [0.15, 0.2) is 0 Å². The van der Waals surface area contributed by atoms with Crippen LogP contribution in [0.15, 0.2) is 36.5 Å². The molecule has 0 fully saturated rings. The number of hydrogen-bond acceptors (Lipinski definition) is 3. The molecule has 0 amide bonds. The SMILES string of the molecule is COc1ccccc1[C@@H](C)NCc1ccn(C(C)C)n1. The normalized spacial score (nSPS) is 12.7. The Kier molecular flexibility index (Phi) is 4.79. The molecule has 2 aromatic rings. The molecule has 0 aliphatic carbocycles. The Morgan fingerprint density at radius 3 is 2.60 bits per heavy atom. The van der Waals surface area contributed by atoms with Crippen molar-refractivity contribution in [3.8, 4) is 5.75 Å². The Balaban J connectivity index is 1.99. The van der Waals surface area contributed by atoms with Crippen LogP contribution >= 0.6 is 0 Å². The summed E-state index contributed by atoms with van der Waals surface area (Å²) in [5.74, 6) is 0.917. The van der Waals surface area contributed by atoms with E-state index >= 15 is 0 Å². The molecule has 2 rings (SSSR count). The maximum atomic E-state index is 5.39. The van der Waals surface area contributed by atoms with E-state index in [1.165, 1.54) is 5.56 Å². The van der Waals surface area contributed by atoms with Gasteiger partial charge in [-0.15, -0.1) is 0 Å². The third-order valence-electron chi connectivity index (χ3n) is 3.39. The van der Waals surface area contributed by atoms with Crippen LogP contribution in [0, 0.1) is 0 Å². The zero-order valence-electron chi connectivity index (χ0n) is 12.6. The molecule has 108 valence electrons. The van der Waals surface area contributed by atoms with Crippen molar-refractivity contribution < 1.29 is 4.74 Å². The Labute approximate surface area is 120 Å². The first-order valence-corrected chi connectivity index (χ1v) is 7.02. The van der Waals surface area contributed by atoms with Gasteiger partial charge >= 0.3 is 0 Å². The first-order valence-electron chi connectivity index (χ1n) is 7.02. The van der Waals surface area contributed by atoms with Crippen molar-refractivity contribution in [3.63, 3.8) is 0 Å². The molecular formula is C16H23N3O. The van der Waals surface area contributed by atoms with Crippen LogP contribution in [0.25, 0.3) is 0 Å². The number of benzene rings is 1. The second-order valence-electron chi connectivity index (χ2n) is 5.23. The van der Waals surface area contributed by atoms with Crippen molar-refractivity contribution in [1.29, 1.82) is 0 Å². The van der Waals surface area contributed by atoms with Crippen LogP contribution in [-0.2, 0) is 6.54 Å². The van der Waals surface area contributed by atoms with Crippen molar-refractivity contribution in [2.45, 2.75) is 39.4 Å². The number of nitrogens with zero attached hydrogens (tertiary/aromatic N) is 2. The summed E-state index contributed by atoms with van der Waals surface area (Å²) in [5, 5.41) is 8.03. The molecule has 0 aliphatic heterocycles. The molecule has 0 saturated carbocycles. The highest BCUT2D eigenvalue weighted by molar-refractivity contribution is 5.35. The fourth-order valence-electron chi connectivity index (χ4n) is 2.15. The molecule has 4 nitrogen and oxygen atoms in total. The highest BCUT2D eigenvalue weighted by Crippen LogP contribution is 2.24. The number of aromatic nitrogens is 2. The van der Waals surface area contributed by atoms with Crippen molar-refractivity contribution in [3.05, 3.63) is 47.8 Å². The van der Waals surface area contributed by atoms with E-state index in [1.54, 1.807) is 7.11 Å². The molecule has 0 unspecified atom stereocenters. The van der Waals surface area contributed by atoms with Gasteiger partial charge in [-0.05, 0) is 32.9 Å². The monoisotopic (exact) mass is 273 g/mol. The average Bonchev–Trinajstić information content (AvgIpc) is 2.94. The molecule has 0 aliphatic rings. The lowest BCUT2D eigenvalue weighted by Gasteiger charge is -2.16.